The molecule has 5 nitrogen and oxygen atoms in total. The monoisotopic (exact) mass is 394 g/mol. The summed E-state index contributed by atoms with van der Waals surface area (Å²) in [5.74, 6) is -3.68. The number of anilines is 1. The number of sulfone groups is 1. The molecule has 144 valence electrons. The van der Waals surface area contributed by atoms with Gasteiger partial charge in [0.15, 0.2) is 0 Å². The minimum absolute atomic E-state index is 0.0375. The summed E-state index contributed by atoms with van der Waals surface area (Å²) in [6.07, 6.45) is 2.73. The van der Waals surface area contributed by atoms with E-state index >= 15 is 0 Å². The summed E-state index contributed by atoms with van der Waals surface area (Å²) in [6, 6.07) is 10.5. The molecule has 1 aliphatic carbocycles. The van der Waals surface area contributed by atoms with Crippen molar-refractivity contribution < 1.29 is 22.0 Å². The molecule has 0 bridgehead atoms. The zero-order chi connectivity index (χ0) is 19.6. The van der Waals surface area contributed by atoms with Crippen LogP contribution in [0.4, 0.5) is 14.5 Å². The minimum Gasteiger partial charge on any atom is -0.399 e. The standard InChI is InChI=1S/C19H20F2N2O3S/c20-19(21)27(25,26)15-7-4-12(5-8-15)10-18(24)23-17-3-1-2-13-11-14(22)6-9-16(13)17/h4-9,11,17,19H,1-3,10,22H2,(H,23,24). The highest BCUT2D eigenvalue weighted by Gasteiger charge is 2.26. The number of alkyl halides is 2. The summed E-state index contributed by atoms with van der Waals surface area (Å²) in [4.78, 5) is 11.9. The summed E-state index contributed by atoms with van der Waals surface area (Å²) in [5, 5.41) is 2.99. The van der Waals surface area contributed by atoms with Crippen molar-refractivity contribution in [3.63, 3.8) is 0 Å². The van der Waals surface area contributed by atoms with Gasteiger partial charge in [-0.05, 0) is 60.2 Å². The number of rotatable bonds is 5. The number of benzene rings is 2. The molecule has 3 N–H and O–H groups in total. The number of fused-ring (bicyclic) bond motifs is 1. The second kappa shape index (κ2) is 7.64. The van der Waals surface area contributed by atoms with Gasteiger partial charge in [0.1, 0.15) is 0 Å². The lowest BCUT2D eigenvalue weighted by Crippen LogP contribution is -2.32. The van der Waals surface area contributed by atoms with Crippen molar-refractivity contribution >= 4 is 21.4 Å². The molecular weight excluding hydrogens is 374 g/mol. The second-order valence-electron chi connectivity index (χ2n) is 6.60. The molecule has 27 heavy (non-hydrogen) atoms. The third-order valence-electron chi connectivity index (χ3n) is 4.67. The van der Waals surface area contributed by atoms with Gasteiger partial charge in [0.05, 0.1) is 17.4 Å². The minimum atomic E-state index is -4.63. The van der Waals surface area contributed by atoms with Gasteiger partial charge < -0.3 is 11.1 Å². The number of carbonyl (C=O) groups excluding carboxylic acids is 1. The molecule has 0 aliphatic heterocycles. The molecule has 1 atom stereocenters. The predicted molar refractivity (Wildman–Crippen MR) is 98.0 cm³/mol. The van der Waals surface area contributed by atoms with Crippen molar-refractivity contribution in [2.75, 3.05) is 5.73 Å². The average molecular weight is 394 g/mol. The second-order valence-corrected chi connectivity index (χ2v) is 8.51. The van der Waals surface area contributed by atoms with E-state index < -0.39 is 20.5 Å². The van der Waals surface area contributed by atoms with Crippen LogP contribution < -0.4 is 11.1 Å². The number of aryl methyl sites for hydroxylation is 1. The molecule has 0 spiro atoms. The van der Waals surface area contributed by atoms with Gasteiger partial charge in [0, 0.05) is 5.69 Å². The Bertz CT molecular complexity index is 944. The van der Waals surface area contributed by atoms with Crippen molar-refractivity contribution in [3.8, 4) is 0 Å². The molecule has 2 aromatic carbocycles. The van der Waals surface area contributed by atoms with E-state index in [1.165, 1.54) is 12.1 Å². The van der Waals surface area contributed by atoms with E-state index in [0.29, 0.717) is 11.3 Å². The van der Waals surface area contributed by atoms with Gasteiger partial charge in [-0.3, -0.25) is 4.79 Å². The maximum Gasteiger partial charge on any atom is 0.341 e. The predicted octanol–water partition coefficient (Wildman–Crippen LogP) is 3.00. The number of nitrogen functional groups attached to an aromatic ring is 1. The highest BCUT2D eigenvalue weighted by atomic mass is 32.2. The molecule has 8 heteroatoms. The normalized spacial score (nSPS) is 16.8. The Hall–Kier alpha value is -2.48. The van der Waals surface area contributed by atoms with E-state index in [9.17, 15) is 22.0 Å². The molecule has 0 saturated carbocycles. The Morgan fingerprint density at radius 2 is 1.89 bits per heavy atom. The Morgan fingerprint density at radius 3 is 2.56 bits per heavy atom. The van der Waals surface area contributed by atoms with E-state index in [2.05, 4.69) is 5.32 Å². The summed E-state index contributed by atoms with van der Waals surface area (Å²) < 4.78 is 48.0. The summed E-state index contributed by atoms with van der Waals surface area (Å²) in [5.41, 5.74) is 9.25. The van der Waals surface area contributed by atoms with Gasteiger partial charge in [-0.2, -0.15) is 8.78 Å². The van der Waals surface area contributed by atoms with Crippen LogP contribution in [0.2, 0.25) is 0 Å². The Balaban J connectivity index is 1.67. The molecule has 1 unspecified atom stereocenters. The maximum absolute atomic E-state index is 12.6. The fraction of sp³-hybridized carbons (Fsp3) is 0.316. The van der Waals surface area contributed by atoms with Crippen molar-refractivity contribution in [3.05, 3.63) is 59.2 Å². The van der Waals surface area contributed by atoms with Gasteiger partial charge in [-0.15, -0.1) is 0 Å². The average Bonchev–Trinajstić information content (AvgIpc) is 2.62. The summed E-state index contributed by atoms with van der Waals surface area (Å²) in [7, 11) is -4.63. The van der Waals surface area contributed by atoms with Crippen molar-refractivity contribution in [1.29, 1.82) is 0 Å². The number of carbonyl (C=O) groups is 1. The Morgan fingerprint density at radius 1 is 1.19 bits per heavy atom. The topological polar surface area (TPSA) is 89.3 Å². The van der Waals surface area contributed by atoms with E-state index in [0.717, 1.165) is 42.5 Å². The van der Waals surface area contributed by atoms with E-state index in [-0.39, 0.29) is 18.4 Å². The van der Waals surface area contributed by atoms with Gasteiger partial charge in [0.2, 0.25) is 15.7 Å². The van der Waals surface area contributed by atoms with Crippen LogP contribution in [0.3, 0.4) is 0 Å². The van der Waals surface area contributed by atoms with Crippen LogP contribution in [0, 0.1) is 0 Å². The molecule has 0 fully saturated rings. The molecular formula is C19H20F2N2O3S. The number of amides is 1. The van der Waals surface area contributed by atoms with E-state index in [1.54, 1.807) is 0 Å². The van der Waals surface area contributed by atoms with Crippen LogP contribution in [0.25, 0.3) is 0 Å². The summed E-state index contributed by atoms with van der Waals surface area (Å²) in [6.45, 7) is 0. The first-order valence-corrected chi connectivity index (χ1v) is 10.1. The van der Waals surface area contributed by atoms with Crippen LogP contribution in [-0.4, -0.2) is 20.1 Å². The number of hydrogen-bond donors (Lipinski definition) is 2. The highest BCUT2D eigenvalue weighted by Crippen LogP contribution is 2.31. The van der Waals surface area contributed by atoms with Gasteiger partial charge in [-0.1, -0.05) is 18.2 Å². The van der Waals surface area contributed by atoms with Crippen molar-refractivity contribution in [2.24, 2.45) is 0 Å². The third-order valence-corrected chi connectivity index (χ3v) is 6.07. The lowest BCUT2D eigenvalue weighted by molar-refractivity contribution is -0.121. The van der Waals surface area contributed by atoms with Gasteiger partial charge >= 0.3 is 5.76 Å². The number of nitrogens with two attached hydrogens (primary N) is 1. The maximum atomic E-state index is 12.6. The quantitative estimate of drug-likeness (QED) is 0.763. The molecule has 1 amide bonds. The fourth-order valence-electron chi connectivity index (χ4n) is 3.31. The van der Waals surface area contributed by atoms with Crippen LogP contribution in [0.1, 0.15) is 35.6 Å². The molecule has 0 radical (unpaired) electrons. The first-order chi connectivity index (χ1) is 12.8. The molecule has 0 saturated heterocycles. The molecule has 3 rings (SSSR count). The largest absolute Gasteiger partial charge is 0.399 e. The highest BCUT2D eigenvalue weighted by molar-refractivity contribution is 7.91. The zero-order valence-corrected chi connectivity index (χ0v) is 15.3. The first-order valence-electron chi connectivity index (χ1n) is 8.56. The van der Waals surface area contributed by atoms with Gasteiger partial charge in [-0.25, -0.2) is 8.42 Å². The van der Waals surface area contributed by atoms with Crippen LogP contribution in [0.5, 0.6) is 0 Å². The Kier molecular flexibility index (Phi) is 5.46. The van der Waals surface area contributed by atoms with Crippen LogP contribution >= 0.6 is 0 Å². The van der Waals surface area contributed by atoms with Crippen molar-refractivity contribution in [1.82, 2.24) is 5.32 Å². The van der Waals surface area contributed by atoms with E-state index in [1.807, 2.05) is 18.2 Å². The molecule has 0 aromatic heterocycles. The van der Waals surface area contributed by atoms with Crippen LogP contribution in [0.15, 0.2) is 47.4 Å². The SMILES string of the molecule is Nc1ccc2c(c1)CCCC2NC(=O)Cc1ccc(S(=O)(=O)C(F)F)cc1. The third kappa shape index (κ3) is 4.27. The lowest BCUT2D eigenvalue weighted by Gasteiger charge is -2.26. The smallest absolute Gasteiger partial charge is 0.341 e. The first kappa shape index (κ1) is 19.3. The van der Waals surface area contributed by atoms with Crippen LogP contribution in [-0.2, 0) is 27.5 Å². The Labute approximate surface area is 156 Å². The van der Waals surface area contributed by atoms with Gasteiger partial charge in [0.25, 0.3) is 0 Å². The lowest BCUT2D eigenvalue weighted by atomic mass is 9.87. The molecule has 2 aromatic rings. The molecule has 1 aliphatic rings. The van der Waals surface area contributed by atoms with E-state index in [4.69, 9.17) is 5.73 Å². The van der Waals surface area contributed by atoms with Crippen molar-refractivity contribution in [2.45, 2.75) is 42.4 Å². The zero-order valence-electron chi connectivity index (χ0n) is 14.5. The number of halogens is 2. The summed E-state index contributed by atoms with van der Waals surface area (Å²) >= 11 is 0. The number of hydrogen-bond acceptors (Lipinski definition) is 4. The number of nitrogens with one attached hydrogen (secondary N) is 1. The molecule has 0 heterocycles. The fourth-order valence-corrected chi connectivity index (χ4v) is 4.04.